The minimum atomic E-state index is -4.62. The van der Waals surface area contributed by atoms with E-state index in [1.165, 1.54) is 4.31 Å². The Morgan fingerprint density at radius 2 is 1.84 bits per heavy atom. The second-order valence-electron chi connectivity index (χ2n) is 5.49. The van der Waals surface area contributed by atoms with E-state index in [0.29, 0.717) is 6.07 Å². The maximum atomic E-state index is 12.9. The number of benzene rings is 1. The highest BCUT2D eigenvalue weighted by Gasteiger charge is 2.37. The van der Waals surface area contributed by atoms with E-state index in [0.717, 1.165) is 17.8 Å². The summed E-state index contributed by atoms with van der Waals surface area (Å²) in [5.74, 6) is 0. The third kappa shape index (κ3) is 3.68. The average molecular weight is 372 g/mol. The Morgan fingerprint density at radius 3 is 2.44 bits per heavy atom. The van der Waals surface area contributed by atoms with Crippen LogP contribution in [0.25, 0.3) is 0 Å². The lowest BCUT2D eigenvalue weighted by atomic mass is 10.1. The molecule has 25 heavy (non-hydrogen) atoms. The molecule has 0 N–H and O–H groups in total. The zero-order valence-electron chi connectivity index (χ0n) is 13.0. The summed E-state index contributed by atoms with van der Waals surface area (Å²) >= 11 is 0. The highest BCUT2D eigenvalue weighted by Crippen LogP contribution is 2.32. The number of pyridine rings is 1. The molecule has 0 amide bonds. The zero-order valence-corrected chi connectivity index (χ0v) is 13.8. The van der Waals surface area contributed by atoms with Gasteiger partial charge in [-0.25, -0.2) is 8.42 Å². The van der Waals surface area contributed by atoms with E-state index in [-0.39, 0.29) is 24.7 Å². The summed E-state index contributed by atoms with van der Waals surface area (Å²) < 4.78 is 70.2. The van der Waals surface area contributed by atoms with Gasteiger partial charge in [0.05, 0.1) is 19.3 Å². The fraction of sp³-hybridized carbons (Fsp3) is 0.312. The van der Waals surface area contributed by atoms with Crippen LogP contribution in [0.4, 0.5) is 13.2 Å². The van der Waals surface area contributed by atoms with E-state index < -0.39 is 27.9 Å². The van der Waals surface area contributed by atoms with E-state index in [2.05, 4.69) is 4.98 Å². The Labute approximate surface area is 143 Å². The SMILES string of the molecule is O=S(=O)(c1ccc(C(F)(F)F)nc1)N1CCOCC1c1ccccc1. The Morgan fingerprint density at radius 1 is 1.12 bits per heavy atom. The molecule has 1 aliphatic rings. The highest BCUT2D eigenvalue weighted by atomic mass is 32.2. The lowest BCUT2D eigenvalue weighted by molar-refractivity contribution is -0.141. The molecule has 0 spiro atoms. The van der Waals surface area contributed by atoms with Crippen molar-refractivity contribution >= 4 is 10.0 Å². The molecule has 0 aliphatic carbocycles. The summed E-state index contributed by atoms with van der Waals surface area (Å²) in [7, 11) is -4.00. The molecule has 1 saturated heterocycles. The topological polar surface area (TPSA) is 59.5 Å². The van der Waals surface area contributed by atoms with Gasteiger partial charge in [-0.2, -0.15) is 17.5 Å². The minimum Gasteiger partial charge on any atom is -0.378 e. The van der Waals surface area contributed by atoms with E-state index in [1.54, 1.807) is 24.3 Å². The first kappa shape index (κ1) is 17.8. The molecular weight excluding hydrogens is 357 g/mol. The molecular formula is C16H15F3N2O3S. The average Bonchev–Trinajstić information content (AvgIpc) is 2.62. The van der Waals surface area contributed by atoms with E-state index in [1.807, 2.05) is 6.07 Å². The fourth-order valence-electron chi connectivity index (χ4n) is 2.65. The largest absolute Gasteiger partial charge is 0.433 e. The molecule has 5 nitrogen and oxygen atoms in total. The van der Waals surface area contributed by atoms with Crippen molar-refractivity contribution in [1.29, 1.82) is 0 Å². The highest BCUT2D eigenvalue weighted by molar-refractivity contribution is 7.89. The van der Waals surface area contributed by atoms with Gasteiger partial charge in [0.2, 0.25) is 10.0 Å². The van der Waals surface area contributed by atoms with Gasteiger partial charge in [-0.1, -0.05) is 30.3 Å². The molecule has 1 atom stereocenters. The molecule has 2 aromatic rings. The minimum absolute atomic E-state index is 0.114. The van der Waals surface area contributed by atoms with Gasteiger partial charge in [-0.05, 0) is 17.7 Å². The number of alkyl halides is 3. The predicted molar refractivity (Wildman–Crippen MR) is 83.1 cm³/mol. The first-order valence-corrected chi connectivity index (χ1v) is 8.92. The zero-order chi connectivity index (χ0) is 18.1. The van der Waals surface area contributed by atoms with E-state index >= 15 is 0 Å². The standard InChI is InChI=1S/C16H15F3N2O3S/c17-16(18,19)15-7-6-13(10-20-15)25(22,23)21-8-9-24-11-14(21)12-4-2-1-3-5-12/h1-7,10,14H,8-9,11H2. The van der Waals surface area contributed by atoms with Gasteiger partial charge in [0.1, 0.15) is 10.6 Å². The molecule has 9 heteroatoms. The number of morpholine rings is 1. The summed E-state index contributed by atoms with van der Waals surface area (Å²) in [6.07, 6.45) is -3.87. The molecule has 1 aromatic heterocycles. The van der Waals surface area contributed by atoms with Crippen LogP contribution in [0.15, 0.2) is 53.6 Å². The molecule has 0 saturated carbocycles. The molecule has 1 aliphatic heterocycles. The van der Waals surface area contributed by atoms with Crippen molar-refractivity contribution in [1.82, 2.24) is 9.29 Å². The smallest absolute Gasteiger partial charge is 0.378 e. The number of halogens is 3. The van der Waals surface area contributed by atoms with E-state index in [4.69, 9.17) is 4.74 Å². The van der Waals surface area contributed by atoms with Crippen molar-refractivity contribution in [2.75, 3.05) is 19.8 Å². The first-order valence-electron chi connectivity index (χ1n) is 7.48. The molecule has 134 valence electrons. The Kier molecular flexibility index (Phi) is 4.81. The van der Waals surface area contributed by atoms with Crippen LogP contribution in [0.3, 0.4) is 0 Å². The molecule has 3 rings (SSSR count). The molecule has 1 aromatic carbocycles. The van der Waals surface area contributed by atoms with Crippen LogP contribution in [0.5, 0.6) is 0 Å². The van der Waals surface area contributed by atoms with Gasteiger partial charge in [-0.3, -0.25) is 4.98 Å². The lowest BCUT2D eigenvalue weighted by Gasteiger charge is -2.34. The first-order chi connectivity index (χ1) is 11.8. The number of hydrogen-bond donors (Lipinski definition) is 0. The number of aromatic nitrogens is 1. The van der Waals surface area contributed by atoms with Crippen molar-refractivity contribution < 1.29 is 26.3 Å². The van der Waals surface area contributed by atoms with Crippen molar-refractivity contribution in [2.24, 2.45) is 0 Å². The van der Waals surface area contributed by atoms with Crippen molar-refractivity contribution in [2.45, 2.75) is 17.1 Å². The third-order valence-electron chi connectivity index (χ3n) is 3.90. The molecule has 0 radical (unpaired) electrons. The van der Waals surface area contributed by atoms with Gasteiger partial charge in [0, 0.05) is 12.7 Å². The number of sulfonamides is 1. The number of nitrogens with zero attached hydrogens (tertiary/aromatic N) is 2. The number of ether oxygens (including phenoxy) is 1. The van der Waals surface area contributed by atoms with Crippen LogP contribution in [0.2, 0.25) is 0 Å². The second-order valence-corrected chi connectivity index (χ2v) is 7.38. The Bertz CT molecular complexity index is 824. The monoisotopic (exact) mass is 372 g/mol. The summed E-state index contributed by atoms with van der Waals surface area (Å²) in [6, 6.07) is 10.0. The maximum absolute atomic E-state index is 12.9. The summed E-state index contributed by atoms with van der Waals surface area (Å²) in [6.45, 7) is 0.511. The quantitative estimate of drug-likeness (QED) is 0.831. The molecule has 1 unspecified atom stereocenters. The van der Waals surface area contributed by atoms with Crippen LogP contribution in [0, 0.1) is 0 Å². The fourth-order valence-corrected chi connectivity index (χ4v) is 4.18. The van der Waals surface area contributed by atoms with Crippen LogP contribution in [0.1, 0.15) is 17.3 Å². The second kappa shape index (κ2) is 6.74. The maximum Gasteiger partial charge on any atom is 0.433 e. The Hall–Kier alpha value is -1.97. The summed E-state index contributed by atoms with van der Waals surface area (Å²) in [5.41, 5.74) is -0.376. The number of rotatable bonds is 3. The van der Waals surface area contributed by atoms with Gasteiger partial charge in [0.25, 0.3) is 0 Å². The predicted octanol–water partition coefficient (Wildman–Crippen LogP) is 2.86. The van der Waals surface area contributed by atoms with Crippen LogP contribution in [-0.2, 0) is 20.9 Å². The van der Waals surface area contributed by atoms with Crippen molar-refractivity contribution in [3.05, 3.63) is 59.9 Å². The molecule has 1 fully saturated rings. The normalized spacial score (nSPS) is 19.7. The van der Waals surface area contributed by atoms with Gasteiger partial charge in [-0.15, -0.1) is 0 Å². The number of hydrogen-bond acceptors (Lipinski definition) is 4. The van der Waals surface area contributed by atoms with Crippen LogP contribution in [-0.4, -0.2) is 37.5 Å². The van der Waals surface area contributed by atoms with Gasteiger partial charge >= 0.3 is 6.18 Å². The summed E-state index contributed by atoms with van der Waals surface area (Å²) in [4.78, 5) is 2.97. The van der Waals surface area contributed by atoms with E-state index in [9.17, 15) is 21.6 Å². The summed E-state index contributed by atoms with van der Waals surface area (Å²) in [5, 5.41) is 0. The van der Waals surface area contributed by atoms with Crippen molar-refractivity contribution in [3.8, 4) is 0 Å². The van der Waals surface area contributed by atoms with Crippen LogP contribution < -0.4 is 0 Å². The van der Waals surface area contributed by atoms with Gasteiger partial charge in [0.15, 0.2) is 0 Å². The lowest BCUT2D eigenvalue weighted by Crippen LogP contribution is -2.43. The van der Waals surface area contributed by atoms with Crippen molar-refractivity contribution in [3.63, 3.8) is 0 Å². The van der Waals surface area contributed by atoms with Gasteiger partial charge < -0.3 is 4.74 Å². The third-order valence-corrected chi connectivity index (χ3v) is 5.79. The molecule has 0 bridgehead atoms. The Balaban J connectivity index is 1.94. The van der Waals surface area contributed by atoms with Crippen LogP contribution >= 0.6 is 0 Å². The molecule has 2 heterocycles.